The highest BCUT2D eigenvalue weighted by Crippen LogP contribution is 2.42. The Balaban J connectivity index is 0.000000216. The summed E-state index contributed by atoms with van der Waals surface area (Å²) >= 11 is 2.27. The van der Waals surface area contributed by atoms with Gasteiger partial charge < -0.3 is 23.7 Å². The largest absolute Gasteiger partial charge is 0.494 e. The zero-order chi connectivity index (χ0) is 45.6. The summed E-state index contributed by atoms with van der Waals surface area (Å²) in [5.74, 6) is -0.0263. The summed E-state index contributed by atoms with van der Waals surface area (Å²) < 4.78 is 78.7. The molecule has 2 aromatic carbocycles. The molecule has 1 unspecified atom stereocenters. The van der Waals surface area contributed by atoms with E-state index in [9.17, 15) is 26.4 Å². The second-order valence-electron chi connectivity index (χ2n) is 15.7. The van der Waals surface area contributed by atoms with E-state index in [0.29, 0.717) is 26.2 Å². The molecule has 1 atom stereocenters. The van der Waals surface area contributed by atoms with Crippen LogP contribution in [-0.2, 0) is 48.3 Å². The number of nitrogens with one attached hydrogen (secondary N) is 2. The number of sulfone groups is 2. The number of unbranched alkanes of at least 4 members (excludes halogenated alkanes) is 2. The van der Waals surface area contributed by atoms with Crippen molar-refractivity contribution in [3.63, 3.8) is 0 Å². The van der Waals surface area contributed by atoms with Gasteiger partial charge in [-0.1, -0.05) is 26.7 Å². The number of carbonyl (C=O) groups is 2. The number of hydrogen-bond acceptors (Lipinski definition) is 15. The summed E-state index contributed by atoms with van der Waals surface area (Å²) in [6.45, 7) is 6.76. The quantitative estimate of drug-likeness (QED) is 0.0494. The first kappa shape index (κ1) is 49.5. The number of thiophene rings is 2. The lowest BCUT2D eigenvalue weighted by Crippen LogP contribution is -2.56. The van der Waals surface area contributed by atoms with Crippen molar-refractivity contribution < 1.29 is 60.2 Å². The number of carbonyl (C=O) groups excluding carboxylic acids is 2. The van der Waals surface area contributed by atoms with Crippen LogP contribution in [0.3, 0.4) is 0 Å². The molecule has 2 amide bonds. The number of benzene rings is 2. The highest BCUT2D eigenvalue weighted by atomic mass is 32.2. The minimum absolute atomic E-state index is 0.00123. The molecule has 3 aliphatic heterocycles. The van der Waals surface area contributed by atoms with E-state index < -0.39 is 47.3 Å². The Morgan fingerprint density at radius 3 is 1.52 bits per heavy atom. The van der Waals surface area contributed by atoms with Gasteiger partial charge in [-0.15, -0.1) is 22.7 Å². The van der Waals surface area contributed by atoms with E-state index >= 15 is 0 Å². The van der Waals surface area contributed by atoms with E-state index in [1.54, 1.807) is 18.2 Å². The molecule has 0 aliphatic carbocycles. The smallest absolute Gasteiger partial charge is 0.265 e. The summed E-state index contributed by atoms with van der Waals surface area (Å²) in [4.78, 5) is 32.6. The summed E-state index contributed by atoms with van der Waals surface area (Å²) in [6.07, 6.45) is 6.20. The third-order valence-corrected chi connectivity index (χ3v) is 19.7. The van der Waals surface area contributed by atoms with Gasteiger partial charge >= 0.3 is 0 Å². The lowest BCUT2D eigenvalue weighted by atomic mass is 9.98. The molecule has 3 N–H and O–H groups in total. The Kier molecular flexibility index (Phi) is 17.8. The highest BCUT2D eigenvalue weighted by Gasteiger charge is 2.54. The Morgan fingerprint density at radius 2 is 1.11 bits per heavy atom. The zero-order valence-corrected chi connectivity index (χ0v) is 39.5. The summed E-state index contributed by atoms with van der Waals surface area (Å²) in [6, 6.07) is 21.7. The maximum Gasteiger partial charge on any atom is 0.265 e. The minimum Gasteiger partial charge on any atom is -0.494 e. The van der Waals surface area contributed by atoms with Gasteiger partial charge in [-0.25, -0.2) is 32.6 Å². The Hall–Kier alpha value is -3.92. The van der Waals surface area contributed by atoms with Crippen molar-refractivity contribution >= 4 is 54.2 Å². The predicted octanol–water partition coefficient (Wildman–Crippen LogP) is 7.91. The van der Waals surface area contributed by atoms with Crippen LogP contribution in [0.2, 0.25) is 0 Å². The van der Waals surface area contributed by atoms with Crippen molar-refractivity contribution in [2.75, 3.05) is 46.2 Å². The van der Waals surface area contributed by atoms with Crippen LogP contribution in [0.5, 0.6) is 11.5 Å². The van der Waals surface area contributed by atoms with E-state index in [-0.39, 0.29) is 60.5 Å². The molecule has 5 heterocycles. The Labute approximate surface area is 383 Å². The van der Waals surface area contributed by atoms with Gasteiger partial charge in [0.15, 0.2) is 15.8 Å². The average molecular weight is 963 g/mol. The van der Waals surface area contributed by atoms with Gasteiger partial charge in [-0.05, 0) is 135 Å². The van der Waals surface area contributed by atoms with E-state index in [1.807, 2.05) is 48.5 Å². The van der Waals surface area contributed by atoms with Crippen LogP contribution in [0, 0.1) is 0 Å². The molecule has 2 aromatic heterocycles. The molecule has 350 valence electrons. The monoisotopic (exact) mass is 962 g/mol. The third kappa shape index (κ3) is 11.4. The van der Waals surface area contributed by atoms with Crippen LogP contribution in [-0.4, -0.2) is 95.9 Å². The fraction of sp³-hybridized carbons (Fsp3) is 0.511. The molecule has 0 radical (unpaired) electrons. The van der Waals surface area contributed by atoms with E-state index in [2.05, 4.69) is 19.3 Å². The third-order valence-electron chi connectivity index (χ3n) is 11.5. The maximum atomic E-state index is 13.8. The van der Waals surface area contributed by atoms with Gasteiger partial charge in [0.05, 0.1) is 13.2 Å². The van der Waals surface area contributed by atoms with Crippen LogP contribution < -0.4 is 20.4 Å². The average Bonchev–Trinajstić information content (AvgIpc) is 4.05. The first-order valence-electron chi connectivity index (χ1n) is 21.7. The summed E-state index contributed by atoms with van der Waals surface area (Å²) in [5.41, 5.74) is 5.69. The molecule has 4 aromatic rings. The van der Waals surface area contributed by atoms with Gasteiger partial charge in [-0.2, -0.15) is 0 Å². The van der Waals surface area contributed by atoms with Crippen LogP contribution >= 0.6 is 22.7 Å². The second kappa shape index (κ2) is 23.0. The van der Waals surface area contributed by atoms with Crippen molar-refractivity contribution in [1.82, 2.24) is 11.0 Å². The van der Waals surface area contributed by atoms with E-state index in [0.717, 1.165) is 93.6 Å². The van der Waals surface area contributed by atoms with Crippen molar-refractivity contribution in [2.24, 2.45) is 0 Å². The molecular weight excluding hydrogens is 905 g/mol. The molecule has 0 saturated carbocycles. The summed E-state index contributed by atoms with van der Waals surface area (Å²) in [5, 5.41) is 9.14. The fourth-order valence-electron chi connectivity index (χ4n) is 7.48. The second-order valence-corrected chi connectivity index (χ2v) is 22.8. The van der Waals surface area contributed by atoms with Crippen LogP contribution in [0.1, 0.15) is 84.5 Å². The lowest BCUT2D eigenvalue weighted by Gasteiger charge is -2.35. The van der Waals surface area contributed by atoms with Gasteiger partial charge in [0, 0.05) is 49.2 Å². The SMILES string of the molecule is CCCCOc1ccc(-c2ccc(S(=O)(=O)C3(C(=O)NO)CCOCC3)s2)cc1.CCCCOc1ccc(-c2ccc(S(=O)(=O)C3(C(=O)NOC4CCCCO4)CCOCC3)s2)cc1. The molecule has 3 fully saturated rings. The van der Waals surface area contributed by atoms with Crippen LogP contribution in [0.4, 0.5) is 0 Å². The topological polar surface area (TPSA) is 202 Å². The van der Waals surface area contributed by atoms with Gasteiger partial charge in [-0.3, -0.25) is 14.8 Å². The normalized spacial score (nSPS) is 18.5. The van der Waals surface area contributed by atoms with Gasteiger partial charge in [0.25, 0.3) is 11.8 Å². The fourth-order valence-corrected chi connectivity index (χ4v) is 14.6. The number of hydrogen-bond donors (Lipinski definition) is 3. The molecular formula is C45H58N2O13S4. The standard InChI is InChI=1S/C25H33NO7S2.C20H25NO6S2/c1-2-3-15-31-20-9-7-19(8-10-20)21-11-12-23(34-21)35(28,29)25(13-17-30-18-14-25)24(27)26-33-22-6-4-5-16-32-22;1-2-3-12-27-16-6-4-15(5-7-16)17-8-9-18(28-17)29(24,25)20(19(22)21-23)10-13-26-14-11-20/h7-12,22H,2-6,13-18H2,1H3,(H,26,27);4-9,23H,2-3,10-14H2,1H3,(H,21,22). The molecule has 0 bridgehead atoms. The summed E-state index contributed by atoms with van der Waals surface area (Å²) in [7, 11) is -8.01. The first-order chi connectivity index (χ1) is 30.9. The van der Waals surface area contributed by atoms with E-state index in [4.69, 9.17) is 33.7 Å². The number of hydroxylamine groups is 2. The van der Waals surface area contributed by atoms with Crippen molar-refractivity contribution in [3.8, 4) is 32.4 Å². The Bertz CT molecular complexity index is 2330. The molecule has 3 saturated heterocycles. The molecule has 3 aliphatic rings. The maximum absolute atomic E-state index is 13.8. The lowest BCUT2D eigenvalue weighted by molar-refractivity contribution is -0.202. The minimum atomic E-state index is -4.01. The zero-order valence-electron chi connectivity index (χ0n) is 36.2. The molecule has 19 heteroatoms. The van der Waals surface area contributed by atoms with Gasteiger partial charge in [0.2, 0.25) is 19.7 Å². The van der Waals surface area contributed by atoms with Crippen molar-refractivity contribution in [3.05, 3.63) is 72.8 Å². The van der Waals surface area contributed by atoms with Crippen LogP contribution in [0.25, 0.3) is 20.9 Å². The first-order valence-corrected chi connectivity index (χ1v) is 26.3. The molecule has 7 rings (SSSR count). The number of amides is 2. The van der Waals surface area contributed by atoms with E-state index in [1.165, 1.54) is 11.5 Å². The Morgan fingerprint density at radius 1 is 0.656 bits per heavy atom. The highest BCUT2D eigenvalue weighted by molar-refractivity contribution is 7.96. The predicted molar refractivity (Wildman–Crippen MR) is 243 cm³/mol. The molecule has 0 spiro atoms. The van der Waals surface area contributed by atoms with Crippen LogP contribution in [0.15, 0.2) is 81.2 Å². The number of rotatable bonds is 18. The molecule has 15 nitrogen and oxygen atoms in total. The number of ether oxygens (including phenoxy) is 5. The van der Waals surface area contributed by atoms with Crippen molar-refractivity contribution in [1.29, 1.82) is 0 Å². The van der Waals surface area contributed by atoms with Gasteiger partial charge in [0.1, 0.15) is 19.9 Å². The molecule has 64 heavy (non-hydrogen) atoms. The van der Waals surface area contributed by atoms with Crippen molar-refractivity contribution in [2.45, 2.75) is 109 Å².